The molecule has 0 spiro atoms. The van der Waals surface area contributed by atoms with Gasteiger partial charge in [0.05, 0.1) is 12.4 Å². The van der Waals surface area contributed by atoms with E-state index in [0.29, 0.717) is 12.0 Å². The van der Waals surface area contributed by atoms with Crippen LogP contribution in [0.3, 0.4) is 0 Å². The van der Waals surface area contributed by atoms with Crippen LogP contribution in [0.4, 0.5) is 0 Å². The molecule has 0 N–H and O–H groups in total. The number of benzene rings is 1. The van der Waals surface area contributed by atoms with E-state index in [4.69, 9.17) is 9.15 Å². The Kier molecular flexibility index (Phi) is 4.70. The van der Waals surface area contributed by atoms with Crippen LogP contribution in [-0.4, -0.2) is 19.0 Å². The van der Waals surface area contributed by atoms with Crippen molar-refractivity contribution in [2.75, 3.05) is 7.11 Å². The SMILES string of the molecule is COC(/C=C/c1ccco1)CC(=O)c1ccccc1. The zero-order chi connectivity index (χ0) is 13.5. The first kappa shape index (κ1) is 13.3. The maximum Gasteiger partial charge on any atom is 0.165 e. The quantitative estimate of drug-likeness (QED) is 0.741. The highest BCUT2D eigenvalue weighted by atomic mass is 16.5. The predicted octanol–water partition coefficient (Wildman–Crippen LogP) is 3.58. The molecule has 98 valence electrons. The van der Waals surface area contributed by atoms with Crippen molar-refractivity contribution in [1.82, 2.24) is 0 Å². The van der Waals surface area contributed by atoms with Crippen molar-refractivity contribution in [3.63, 3.8) is 0 Å². The molecule has 0 bridgehead atoms. The minimum Gasteiger partial charge on any atom is -0.465 e. The Bertz CT molecular complexity index is 526. The Labute approximate surface area is 112 Å². The first-order valence-electron chi connectivity index (χ1n) is 6.12. The summed E-state index contributed by atoms with van der Waals surface area (Å²) in [6.45, 7) is 0. The monoisotopic (exact) mass is 256 g/mol. The molecule has 1 aromatic carbocycles. The minimum atomic E-state index is -0.252. The average molecular weight is 256 g/mol. The molecule has 0 amide bonds. The number of furan rings is 1. The molecule has 2 aromatic rings. The van der Waals surface area contributed by atoms with Crippen LogP contribution >= 0.6 is 0 Å². The predicted molar refractivity (Wildman–Crippen MR) is 73.9 cm³/mol. The molecule has 3 nitrogen and oxygen atoms in total. The van der Waals surface area contributed by atoms with Crippen LogP contribution in [0.5, 0.6) is 0 Å². The summed E-state index contributed by atoms with van der Waals surface area (Å²) >= 11 is 0. The van der Waals surface area contributed by atoms with Crippen LogP contribution in [0.1, 0.15) is 22.5 Å². The van der Waals surface area contributed by atoms with Gasteiger partial charge in [0, 0.05) is 19.1 Å². The molecule has 0 saturated carbocycles. The summed E-state index contributed by atoms with van der Waals surface area (Å²) in [7, 11) is 1.59. The zero-order valence-electron chi connectivity index (χ0n) is 10.8. The molecule has 19 heavy (non-hydrogen) atoms. The zero-order valence-corrected chi connectivity index (χ0v) is 10.8. The molecule has 2 rings (SSSR count). The summed E-state index contributed by atoms with van der Waals surface area (Å²) in [5, 5.41) is 0. The number of hydrogen-bond acceptors (Lipinski definition) is 3. The maximum absolute atomic E-state index is 12.0. The number of methoxy groups -OCH3 is 1. The van der Waals surface area contributed by atoms with Crippen molar-refractivity contribution in [2.45, 2.75) is 12.5 Å². The van der Waals surface area contributed by atoms with E-state index < -0.39 is 0 Å². The fraction of sp³-hybridized carbons (Fsp3) is 0.188. The van der Waals surface area contributed by atoms with Gasteiger partial charge in [-0.1, -0.05) is 36.4 Å². The van der Waals surface area contributed by atoms with Gasteiger partial charge in [-0.05, 0) is 18.2 Å². The lowest BCUT2D eigenvalue weighted by Gasteiger charge is -2.09. The van der Waals surface area contributed by atoms with E-state index in [2.05, 4.69) is 0 Å². The second kappa shape index (κ2) is 6.71. The highest BCUT2D eigenvalue weighted by Crippen LogP contribution is 2.10. The second-order valence-corrected chi connectivity index (χ2v) is 4.14. The lowest BCUT2D eigenvalue weighted by Crippen LogP contribution is -2.13. The van der Waals surface area contributed by atoms with Gasteiger partial charge in [0.1, 0.15) is 5.76 Å². The molecular formula is C16H16O3. The van der Waals surface area contributed by atoms with E-state index >= 15 is 0 Å². The van der Waals surface area contributed by atoms with Crippen molar-refractivity contribution >= 4 is 11.9 Å². The molecule has 0 saturated heterocycles. The van der Waals surface area contributed by atoms with E-state index in [1.54, 1.807) is 13.4 Å². The fourth-order valence-electron chi connectivity index (χ4n) is 1.74. The summed E-state index contributed by atoms with van der Waals surface area (Å²) in [5.41, 5.74) is 0.705. The standard InChI is InChI=1S/C16H16O3/c1-18-15(10-9-14-8-5-11-19-14)12-16(17)13-6-3-2-4-7-13/h2-11,15H,12H2,1H3/b10-9+. The summed E-state index contributed by atoms with van der Waals surface area (Å²) in [5.74, 6) is 0.811. The highest BCUT2D eigenvalue weighted by Gasteiger charge is 2.12. The van der Waals surface area contributed by atoms with Crippen LogP contribution in [0.2, 0.25) is 0 Å². The number of carbonyl (C=O) groups excluding carboxylic acids is 1. The molecule has 0 radical (unpaired) electrons. The molecule has 1 heterocycles. The van der Waals surface area contributed by atoms with Crippen molar-refractivity contribution in [3.05, 3.63) is 66.1 Å². The highest BCUT2D eigenvalue weighted by molar-refractivity contribution is 5.96. The Balaban J connectivity index is 1.98. The lowest BCUT2D eigenvalue weighted by atomic mass is 10.0. The number of ether oxygens (including phenoxy) is 1. The summed E-state index contributed by atoms with van der Waals surface area (Å²) < 4.78 is 10.5. The van der Waals surface area contributed by atoms with Crippen LogP contribution in [0, 0.1) is 0 Å². The van der Waals surface area contributed by atoms with Gasteiger partial charge in [-0.2, -0.15) is 0 Å². The normalized spacial score (nSPS) is 12.7. The van der Waals surface area contributed by atoms with E-state index in [9.17, 15) is 4.79 Å². The van der Waals surface area contributed by atoms with E-state index in [1.165, 1.54) is 0 Å². The third kappa shape index (κ3) is 3.93. The van der Waals surface area contributed by atoms with Gasteiger partial charge < -0.3 is 9.15 Å². The van der Waals surface area contributed by atoms with Gasteiger partial charge in [-0.15, -0.1) is 0 Å². The first-order valence-corrected chi connectivity index (χ1v) is 6.12. The van der Waals surface area contributed by atoms with Gasteiger partial charge in [-0.3, -0.25) is 4.79 Å². The fourth-order valence-corrected chi connectivity index (χ4v) is 1.74. The number of rotatable bonds is 6. The van der Waals surface area contributed by atoms with Crippen molar-refractivity contribution in [3.8, 4) is 0 Å². The Morgan fingerprint density at radius 3 is 2.68 bits per heavy atom. The minimum absolute atomic E-state index is 0.0662. The van der Waals surface area contributed by atoms with Crippen LogP contribution in [0.15, 0.2) is 59.2 Å². The van der Waals surface area contributed by atoms with Gasteiger partial charge in [0.2, 0.25) is 0 Å². The van der Waals surface area contributed by atoms with E-state index in [-0.39, 0.29) is 11.9 Å². The summed E-state index contributed by atoms with van der Waals surface area (Å²) in [6.07, 6.45) is 5.32. The van der Waals surface area contributed by atoms with Gasteiger partial charge >= 0.3 is 0 Å². The molecule has 1 unspecified atom stereocenters. The number of carbonyl (C=O) groups is 1. The Morgan fingerprint density at radius 1 is 1.26 bits per heavy atom. The maximum atomic E-state index is 12.0. The number of ketones is 1. The molecule has 0 aliphatic heterocycles. The molecular weight excluding hydrogens is 240 g/mol. The Hall–Kier alpha value is -2.13. The first-order chi connectivity index (χ1) is 9.29. The van der Waals surface area contributed by atoms with E-state index in [1.807, 2.05) is 54.6 Å². The molecule has 0 fully saturated rings. The third-order valence-electron chi connectivity index (χ3n) is 2.80. The van der Waals surface area contributed by atoms with Crippen LogP contribution in [0.25, 0.3) is 6.08 Å². The average Bonchev–Trinajstić information content (AvgIpc) is 2.97. The Morgan fingerprint density at radius 2 is 2.05 bits per heavy atom. The largest absolute Gasteiger partial charge is 0.465 e. The van der Waals surface area contributed by atoms with Crippen LogP contribution in [-0.2, 0) is 4.74 Å². The van der Waals surface area contributed by atoms with Gasteiger partial charge in [0.25, 0.3) is 0 Å². The topological polar surface area (TPSA) is 39.4 Å². The molecule has 1 atom stereocenters. The molecule has 0 aliphatic carbocycles. The van der Waals surface area contributed by atoms with Crippen molar-refractivity contribution in [1.29, 1.82) is 0 Å². The third-order valence-corrected chi connectivity index (χ3v) is 2.80. The lowest BCUT2D eigenvalue weighted by molar-refractivity contribution is 0.0853. The van der Waals surface area contributed by atoms with E-state index in [0.717, 1.165) is 5.76 Å². The van der Waals surface area contributed by atoms with Crippen LogP contribution < -0.4 is 0 Å². The summed E-state index contributed by atoms with van der Waals surface area (Å²) in [4.78, 5) is 12.0. The molecule has 1 aromatic heterocycles. The number of hydrogen-bond donors (Lipinski definition) is 0. The molecule has 0 aliphatic rings. The number of Topliss-reactive ketones (excluding diaryl/α,β-unsaturated/α-hetero) is 1. The van der Waals surface area contributed by atoms with Gasteiger partial charge in [-0.25, -0.2) is 0 Å². The smallest absolute Gasteiger partial charge is 0.165 e. The van der Waals surface area contributed by atoms with Crippen molar-refractivity contribution in [2.24, 2.45) is 0 Å². The van der Waals surface area contributed by atoms with Gasteiger partial charge in [0.15, 0.2) is 5.78 Å². The summed E-state index contributed by atoms with van der Waals surface area (Å²) in [6, 6.07) is 12.9. The molecule has 3 heteroatoms. The van der Waals surface area contributed by atoms with Crippen molar-refractivity contribution < 1.29 is 13.9 Å². The second-order valence-electron chi connectivity index (χ2n) is 4.14.